The van der Waals surface area contributed by atoms with E-state index in [-0.39, 0.29) is 19.1 Å². The van der Waals surface area contributed by atoms with Gasteiger partial charge in [0.05, 0.1) is 0 Å². The average molecular weight is 510 g/mol. The van der Waals surface area contributed by atoms with E-state index in [1.165, 1.54) is 0 Å². The minimum atomic E-state index is -2.49. The number of hydrogen-bond donors (Lipinski definition) is 3. The van der Waals surface area contributed by atoms with Gasteiger partial charge in [0.25, 0.3) is 0 Å². The molecule has 0 saturated heterocycles. The van der Waals surface area contributed by atoms with Gasteiger partial charge in [-0.05, 0) is 0 Å². The first-order chi connectivity index (χ1) is 14.6. The molecule has 10 heteroatoms. The van der Waals surface area contributed by atoms with Gasteiger partial charge in [0.1, 0.15) is 0 Å². The van der Waals surface area contributed by atoms with Gasteiger partial charge >= 0.3 is 182 Å². The third-order valence-electron chi connectivity index (χ3n) is 5.04. The van der Waals surface area contributed by atoms with Crippen LogP contribution in [0.5, 0.6) is 0 Å². The van der Waals surface area contributed by atoms with Crippen LogP contribution in [0, 0.1) is 0 Å². The molecule has 0 aliphatic carbocycles. The van der Waals surface area contributed by atoms with E-state index in [0.29, 0.717) is 5.69 Å². The molecule has 0 radical (unpaired) electrons. The Bertz CT molecular complexity index is 1120. The van der Waals surface area contributed by atoms with Crippen molar-refractivity contribution in [3.63, 3.8) is 0 Å². The van der Waals surface area contributed by atoms with Crippen LogP contribution in [0.1, 0.15) is 29.5 Å². The summed E-state index contributed by atoms with van der Waals surface area (Å²) in [5, 5.41) is 26.1. The monoisotopic (exact) mass is 510 g/mol. The van der Waals surface area contributed by atoms with Gasteiger partial charge < -0.3 is 0 Å². The zero-order chi connectivity index (χ0) is 21.1. The molecule has 4 heterocycles. The number of aliphatic hydroxyl groups is 2. The molecule has 0 fully saturated rings. The van der Waals surface area contributed by atoms with E-state index in [0.717, 1.165) is 33.3 Å². The Kier molecular flexibility index (Phi) is 6.35. The maximum atomic E-state index is 12.9. The quantitative estimate of drug-likeness (QED) is 0.412. The predicted octanol–water partition coefficient (Wildman–Crippen LogP) is 0.675. The SMILES string of the molecule is CCC1=[N][In]([CH2]c2ccnn2CC(O)CO)[CH]=C1NC(=O)c1cnc2ccccn12. The third-order valence-corrected chi connectivity index (χ3v) is 11.3. The number of rotatable bonds is 8. The van der Waals surface area contributed by atoms with Gasteiger partial charge in [-0.15, -0.1) is 0 Å². The second kappa shape index (κ2) is 9.15. The van der Waals surface area contributed by atoms with Crippen LogP contribution >= 0.6 is 0 Å². The fourth-order valence-corrected chi connectivity index (χ4v) is 10.5. The molecule has 0 spiro atoms. The fourth-order valence-electron chi connectivity index (χ4n) is 3.55. The second-order valence-corrected chi connectivity index (χ2v) is 13.2. The summed E-state index contributed by atoms with van der Waals surface area (Å²) in [6.07, 6.45) is 5.00. The Balaban J connectivity index is 1.49. The molecule has 1 amide bonds. The first kappa shape index (κ1) is 20.8. The van der Waals surface area contributed by atoms with Crippen LogP contribution in [-0.4, -0.2) is 75.4 Å². The zero-order valence-corrected chi connectivity index (χ0v) is 19.9. The summed E-state index contributed by atoms with van der Waals surface area (Å²) in [6.45, 7) is 1.98. The van der Waals surface area contributed by atoms with Crippen LogP contribution < -0.4 is 5.32 Å². The molecular formula is C20H23InN6O3. The van der Waals surface area contributed by atoms with Crippen LogP contribution in [0.25, 0.3) is 5.65 Å². The van der Waals surface area contributed by atoms with Gasteiger partial charge in [0.15, 0.2) is 0 Å². The van der Waals surface area contributed by atoms with Crippen molar-refractivity contribution < 1.29 is 15.0 Å². The van der Waals surface area contributed by atoms with Gasteiger partial charge in [-0.25, -0.2) is 0 Å². The molecule has 0 saturated carbocycles. The van der Waals surface area contributed by atoms with Gasteiger partial charge in [-0.1, -0.05) is 0 Å². The van der Waals surface area contributed by atoms with Crippen LogP contribution in [0.4, 0.5) is 0 Å². The fraction of sp³-hybridized carbons (Fsp3) is 0.300. The molecule has 3 N–H and O–H groups in total. The number of carbonyl (C=O) groups is 1. The van der Waals surface area contributed by atoms with E-state index >= 15 is 0 Å². The molecule has 1 aliphatic heterocycles. The number of nitrogens with one attached hydrogen (secondary N) is 1. The summed E-state index contributed by atoms with van der Waals surface area (Å²) in [4.78, 5) is 17.1. The Labute approximate surface area is 181 Å². The molecule has 0 aromatic carbocycles. The molecular weight excluding hydrogens is 487 g/mol. The summed E-state index contributed by atoms with van der Waals surface area (Å²) in [6, 6.07) is 7.52. The second-order valence-electron chi connectivity index (χ2n) is 7.15. The van der Waals surface area contributed by atoms with Crippen LogP contribution in [0.15, 0.2) is 55.4 Å². The predicted molar refractivity (Wildman–Crippen MR) is 113 cm³/mol. The zero-order valence-electron chi connectivity index (χ0n) is 16.6. The number of imidazole rings is 1. The summed E-state index contributed by atoms with van der Waals surface area (Å²) in [7, 11) is 0. The van der Waals surface area contributed by atoms with Crippen molar-refractivity contribution in [3.05, 3.63) is 63.8 Å². The van der Waals surface area contributed by atoms with Crippen molar-refractivity contribution in [1.82, 2.24) is 24.5 Å². The van der Waals surface area contributed by atoms with Gasteiger partial charge in [-0.2, -0.15) is 0 Å². The molecule has 3 aromatic heterocycles. The van der Waals surface area contributed by atoms with Gasteiger partial charge in [-0.3, -0.25) is 0 Å². The topological polar surface area (TPSA) is 117 Å². The molecule has 1 atom stereocenters. The van der Waals surface area contributed by atoms with E-state index in [9.17, 15) is 9.90 Å². The Hall–Kier alpha value is -2.43. The molecule has 154 valence electrons. The minimum absolute atomic E-state index is 0.204. The molecule has 9 nitrogen and oxygen atoms in total. The number of amides is 1. The summed E-state index contributed by atoms with van der Waals surface area (Å²) >= 11 is -2.49. The molecule has 1 unspecified atom stereocenters. The van der Waals surface area contributed by atoms with E-state index in [2.05, 4.69) is 19.2 Å². The van der Waals surface area contributed by atoms with Gasteiger partial charge in [0, 0.05) is 0 Å². The van der Waals surface area contributed by atoms with E-state index in [1.54, 1.807) is 21.5 Å². The number of nitrogens with zero attached hydrogens (tertiary/aromatic N) is 5. The Morgan fingerprint density at radius 2 is 2.20 bits per heavy atom. The number of aromatic nitrogens is 4. The van der Waals surface area contributed by atoms with Crippen molar-refractivity contribution in [2.24, 2.45) is 2.98 Å². The van der Waals surface area contributed by atoms with Crippen LogP contribution in [0.2, 0.25) is 0 Å². The van der Waals surface area contributed by atoms with E-state index < -0.39 is 27.8 Å². The maximum absolute atomic E-state index is 12.9. The number of carbonyl (C=O) groups excluding carboxylic acids is 1. The summed E-state index contributed by atoms with van der Waals surface area (Å²) < 4.78 is 11.4. The normalized spacial score (nSPS) is 14.7. The van der Waals surface area contributed by atoms with Crippen molar-refractivity contribution in [3.8, 4) is 0 Å². The van der Waals surface area contributed by atoms with E-state index in [1.807, 2.05) is 37.4 Å². The number of hydrogen-bond acceptors (Lipinski definition) is 6. The van der Waals surface area contributed by atoms with Gasteiger partial charge in [0.2, 0.25) is 0 Å². The number of aliphatic hydroxyl groups excluding tert-OH is 2. The molecule has 0 bridgehead atoms. The molecule has 30 heavy (non-hydrogen) atoms. The molecule has 4 rings (SSSR count). The summed E-state index contributed by atoms with van der Waals surface area (Å²) in [5.41, 5.74) is 3.93. The van der Waals surface area contributed by atoms with Crippen molar-refractivity contribution in [1.29, 1.82) is 0 Å². The first-order valence-corrected chi connectivity index (χ1v) is 15.6. The van der Waals surface area contributed by atoms with Crippen LogP contribution in [0.3, 0.4) is 0 Å². The molecule has 1 aliphatic rings. The molecule has 3 aromatic rings. The first-order valence-electron chi connectivity index (χ1n) is 9.91. The Morgan fingerprint density at radius 1 is 1.33 bits per heavy atom. The standard InChI is InChI=1S/C13H12N4O.C7H11N2O2.In/c1-3-10(14)9(2)16-13(18)11-8-15-12-6-4-5-7-17(11)12;1-6-2-3-8-9(6)4-7(11)5-10;/h2,4-8H,3H2,1H3,(H,16,18);2-3,7,10-11H,1,4-5H2;/q-1;;+1. The number of fused-ring (bicyclic) bond motifs is 1. The van der Waals surface area contributed by atoms with Crippen LogP contribution in [-0.2, 0) is 10.7 Å². The van der Waals surface area contributed by atoms with Crippen molar-refractivity contribution in [2.45, 2.75) is 30.2 Å². The van der Waals surface area contributed by atoms with Crippen molar-refractivity contribution >= 4 is 39.0 Å². The van der Waals surface area contributed by atoms with Crippen molar-refractivity contribution in [2.75, 3.05) is 6.61 Å². The van der Waals surface area contributed by atoms with E-state index in [4.69, 9.17) is 8.09 Å². The number of allylic oxidation sites excluding steroid dienone is 1. The Morgan fingerprint density at radius 3 is 3.00 bits per heavy atom. The summed E-state index contributed by atoms with van der Waals surface area (Å²) in [5.74, 6) is -0.204. The third kappa shape index (κ3) is 4.35. The number of pyridine rings is 1. The average Bonchev–Trinajstić information content (AvgIpc) is 3.47.